The number of fused-ring (bicyclic) bond motifs is 1. The highest BCUT2D eigenvalue weighted by Crippen LogP contribution is 2.43. The van der Waals surface area contributed by atoms with Crippen LogP contribution >= 0.6 is 11.6 Å². The van der Waals surface area contributed by atoms with E-state index in [2.05, 4.69) is 18.4 Å². The van der Waals surface area contributed by atoms with Gasteiger partial charge < -0.3 is 14.0 Å². The monoisotopic (exact) mass is 496 g/mol. The Morgan fingerprint density at radius 3 is 2.34 bits per heavy atom. The Balaban J connectivity index is 2.05. The zero-order valence-electron chi connectivity index (χ0n) is 22.0. The summed E-state index contributed by atoms with van der Waals surface area (Å²) in [5.74, 6) is 0.246. The van der Waals surface area contributed by atoms with Gasteiger partial charge in [-0.3, -0.25) is 0 Å². The molecule has 2 heterocycles. The van der Waals surface area contributed by atoms with E-state index in [4.69, 9.17) is 26.1 Å². The molecular formula is C29H37ClN2O3. The van der Waals surface area contributed by atoms with E-state index in [0.29, 0.717) is 10.9 Å². The van der Waals surface area contributed by atoms with E-state index in [9.17, 15) is 4.79 Å². The van der Waals surface area contributed by atoms with Crippen LogP contribution in [0.15, 0.2) is 24.3 Å². The van der Waals surface area contributed by atoms with Crippen LogP contribution in [-0.2, 0) is 20.8 Å². The first kappa shape index (κ1) is 25.7. The minimum Gasteiger partial charge on any atom is -0.467 e. The largest absolute Gasteiger partial charge is 0.467 e. The van der Waals surface area contributed by atoms with Crippen LogP contribution in [-0.4, -0.2) is 28.2 Å². The third-order valence-corrected chi connectivity index (χ3v) is 7.43. The summed E-state index contributed by atoms with van der Waals surface area (Å²) in [7, 11) is 1.40. The minimum atomic E-state index is -0.902. The Morgan fingerprint density at radius 1 is 1.14 bits per heavy atom. The van der Waals surface area contributed by atoms with Crippen molar-refractivity contribution in [1.29, 1.82) is 0 Å². The quantitative estimate of drug-likeness (QED) is 0.331. The summed E-state index contributed by atoms with van der Waals surface area (Å²) in [5.41, 5.74) is 6.28. The number of carbonyl (C=O) groups is 1. The van der Waals surface area contributed by atoms with Gasteiger partial charge in [0.05, 0.1) is 12.7 Å². The molecule has 2 aromatic heterocycles. The van der Waals surface area contributed by atoms with E-state index < -0.39 is 17.7 Å². The number of methoxy groups -OCH3 is 1. The predicted octanol–water partition coefficient (Wildman–Crippen LogP) is 7.50. The summed E-state index contributed by atoms with van der Waals surface area (Å²) in [4.78, 5) is 18.2. The fraction of sp³-hybridized carbons (Fsp3) is 0.517. The zero-order chi connectivity index (χ0) is 25.5. The Morgan fingerprint density at radius 2 is 1.77 bits per heavy atom. The van der Waals surface area contributed by atoms with Crippen LogP contribution in [0.4, 0.5) is 0 Å². The Bertz CT molecular complexity index is 1230. The number of benzene rings is 1. The lowest BCUT2D eigenvalue weighted by Crippen LogP contribution is -2.29. The number of rotatable bonds is 6. The molecular weight excluding hydrogens is 460 g/mol. The van der Waals surface area contributed by atoms with Gasteiger partial charge in [0, 0.05) is 39.5 Å². The summed E-state index contributed by atoms with van der Waals surface area (Å²) < 4.78 is 13.9. The van der Waals surface area contributed by atoms with Gasteiger partial charge in [-0.15, -0.1) is 0 Å². The number of aryl methyl sites for hydroxylation is 2. The lowest BCUT2D eigenvalue weighted by atomic mass is 9.91. The van der Waals surface area contributed by atoms with E-state index in [1.807, 2.05) is 52.0 Å². The molecule has 0 aliphatic heterocycles. The number of hydrogen-bond acceptors (Lipinski definition) is 4. The number of aromatic nitrogens is 2. The first-order chi connectivity index (χ1) is 16.5. The van der Waals surface area contributed by atoms with Gasteiger partial charge in [0.15, 0.2) is 6.10 Å². The van der Waals surface area contributed by atoms with Gasteiger partial charge in [0.1, 0.15) is 5.65 Å². The van der Waals surface area contributed by atoms with Gasteiger partial charge in [-0.1, -0.05) is 36.6 Å². The molecule has 1 atom stereocenters. The highest BCUT2D eigenvalue weighted by Gasteiger charge is 2.34. The maximum Gasteiger partial charge on any atom is 0.339 e. The van der Waals surface area contributed by atoms with Crippen molar-refractivity contribution < 1.29 is 14.3 Å². The SMILES string of the molecule is COC(=O)[C@@H](OC(C)(C)C)c1c(C)nc2c(c(C)c(C)n2CC2CCCC2)c1-c1ccc(Cl)cc1. The fourth-order valence-electron chi connectivity index (χ4n) is 5.39. The Labute approximate surface area is 213 Å². The van der Waals surface area contributed by atoms with E-state index in [0.717, 1.165) is 40.0 Å². The van der Waals surface area contributed by atoms with E-state index >= 15 is 0 Å². The van der Waals surface area contributed by atoms with Crippen molar-refractivity contribution in [3.05, 3.63) is 51.8 Å². The molecule has 0 unspecified atom stereocenters. The Kier molecular flexibility index (Phi) is 7.31. The number of hydrogen-bond donors (Lipinski definition) is 0. The first-order valence-electron chi connectivity index (χ1n) is 12.5. The average molecular weight is 497 g/mol. The van der Waals surface area contributed by atoms with Crippen LogP contribution in [0.5, 0.6) is 0 Å². The zero-order valence-corrected chi connectivity index (χ0v) is 22.8. The van der Waals surface area contributed by atoms with Crippen molar-refractivity contribution in [1.82, 2.24) is 9.55 Å². The first-order valence-corrected chi connectivity index (χ1v) is 12.9. The number of pyridine rings is 1. The summed E-state index contributed by atoms with van der Waals surface area (Å²) in [6.45, 7) is 13.1. The standard InChI is InChI=1S/C29H37ClN2O3/c1-17-19(3)32(16-20-10-8-9-11-20)27-23(17)25(21-12-14-22(30)15-13-21)24(18(2)31-27)26(28(33)34-7)35-29(4,5)6/h12-15,20,26H,8-11,16H2,1-7H3/t26-/m0/s1. The topological polar surface area (TPSA) is 53.4 Å². The molecule has 0 bridgehead atoms. The normalized spacial score (nSPS) is 15.7. The predicted molar refractivity (Wildman–Crippen MR) is 142 cm³/mol. The maximum absolute atomic E-state index is 13.1. The maximum atomic E-state index is 13.1. The fourth-order valence-corrected chi connectivity index (χ4v) is 5.52. The molecule has 1 aliphatic rings. The van der Waals surface area contributed by atoms with Crippen molar-refractivity contribution in [3.63, 3.8) is 0 Å². The van der Waals surface area contributed by atoms with Crippen LogP contribution in [0.25, 0.3) is 22.2 Å². The van der Waals surface area contributed by atoms with Gasteiger partial charge in [0.25, 0.3) is 0 Å². The van der Waals surface area contributed by atoms with Crippen LogP contribution in [0, 0.1) is 26.7 Å². The summed E-state index contributed by atoms with van der Waals surface area (Å²) in [5, 5.41) is 1.73. The molecule has 0 radical (unpaired) electrons. The van der Waals surface area contributed by atoms with Gasteiger partial charge >= 0.3 is 5.97 Å². The van der Waals surface area contributed by atoms with Crippen molar-refractivity contribution in [2.45, 2.75) is 85.5 Å². The van der Waals surface area contributed by atoms with Crippen LogP contribution in [0.1, 0.15) is 75.1 Å². The molecule has 1 fully saturated rings. The molecule has 3 aromatic rings. The van der Waals surface area contributed by atoms with E-state index in [1.165, 1.54) is 44.1 Å². The van der Waals surface area contributed by atoms with Gasteiger partial charge in [0.2, 0.25) is 0 Å². The van der Waals surface area contributed by atoms with Crippen LogP contribution in [0.2, 0.25) is 5.02 Å². The van der Waals surface area contributed by atoms with E-state index in [-0.39, 0.29) is 0 Å². The van der Waals surface area contributed by atoms with Gasteiger partial charge in [-0.25, -0.2) is 9.78 Å². The number of ether oxygens (including phenoxy) is 2. The molecule has 35 heavy (non-hydrogen) atoms. The van der Waals surface area contributed by atoms with Gasteiger partial charge in [-0.2, -0.15) is 0 Å². The molecule has 188 valence electrons. The molecule has 4 rings (SSSR count). The molecule has 1 saturated carbocycles. The molecule has 0 spiro atoms. The summed E-state index contributed by atoms with van der Waals surface area (Å²) >= 11 is 6.25. The number of esters is 1. The Hall–Kier alpha value is -2.37. The molecule has 0 saturated heterocycles. The third kappa shape index (κ3) is 5.12. The lowest BCUT2D eigenvalue weighted by Gasteiger charge is -2.29. The number of nitrogens with zero attached hydrogens (tertiary/aromatic N) is 2. The highest BCUT2D eigenvalue weighted by atomic mass is 35.5. The average Bonchev–Trinajstić information content (AvgIpc) is 3.39. The second-order valence-corrected chi connectivity index (χ2v) is 11.2. The second kappa shape index (κ2) is 9.94. The number of carbonyl (C=O) groups excluding carboxylic acids is 1. The minimum absolute atomic E-state index is 0.431. The van der Waals surface area contributed by atoms with Crippen molar-refractivity contribution in [2.75, 3.05) is 7.11 Å². The van der Waals surface area contributed by atoms with Crippen molar-refractivity contribution in [3.8, 4) is 11.1 Å². The third-order valence-electron chi connectivity index (χ3n) is 7.18. The van der Waals surface area contributed by atoms with E-state index in [1.54, 1.807) is 0 Å². The van der Waals surface area contributed by atoms with Crippen LogP contribution < -0.4 is 0 Å². The lowest BCUT2D eigenvalue weighted by molar-refractivity contribution is -0.164. The van der Waals surface area contributed by atoms with Crippen molar-refractivity contribution in [2.24, 2.45) is 5.92 Å². The molecule has 1 aliphatic carbocycles. The summed E-state index contributed by atoms with van der Waals surface area (Å²) in [6.07, 6.45) is 4.24. The smallest absolute Gasteiger partial charge is 0.339 e. The second-order valence-electron chi connectivity index (χ2n) is 10.8. The summed E-state index contributed by atoms with van der Waals surface area (Å²) in [6, 6.07) is 7.79. The van der Waals surface area contributed by atoms with Crippen LogP contribution in [0.3, 0.4) is 0 Å². The van der Waals surface area contributed by atoms with Crippen molar-refractivity contribution >= 4 is 28.6 Å². The molecule has 6 heteroatoms. The van der Waals surface area contributed by atoms with Gasteiger partial charge in [-0.05, 0) is 83.6 Å². The molecule has 5 nitrogen and oxygen atoms in total. The molecule has 1 aromatic carbocycles. The number of halogens is 1. The molecule has 0 amide bonds. The molecule has 0 N–H and O–H groups in total. The highest BCUT2D eigenvalue weighted by molar-refractivity contribution is 6.30.